The molecule has 3 aliphatic rings. The highest BCUT2D eigenvalue weighted by Crippen LogP contribution is 2.68. The molecule has 0 bridgehead atoms. The van der Waals surface area contributed by atoms with E-state index in [9.17, 15) is 67.5 Å². The first-order chi connectivity index (χ1) is 36.1. The molecular formula is C34H46N16O23P4. The molecule has 0 spiro atoms. The highest BCUT2D eigenvalue weighted by molar-refractivity contribution is 7.66. The predicted molar refractivity (Wildman–Crippen MR) is 247 cm³/mol. The van der Waals surface area contributed by atoms with Crippen LogP contribution in [0, 0.1) is 5.92 Å². The lowest BCUT2D eigenvalue weighted by Gasteiger charge is -2.35. The van der Waals surface area contributed by atoms with E-state index in [1.807, 2.05) is 0 Å². The van der Waals surface area contributed by atoms with Gasteiger partial charge in [-0.15, -0.1) is 0 Å². The van der Waals surface area contributed by atoms with Crippen molar-refractivity contribution >= 4 is 88.2 Å². The maximum atomic E-state index is 14.3. The van der Waals surface area contributed by atoms with Crippen molar-refractivity contribution in [2.24, 2.45) is 18.7 Å². The van der Waals surface area contributed by atoms with Gasteiger partial charge in [0.05, 0.1) is 57.4 Å². The van der Waals surface area contributed by atoms with Crippen molar-refractivity contribution in [2.75, 3.05) is 44.1 Å². The molecule has 3 fully saturated rings. The third-order valence-corrected chi connectivity index (χ3v) is 18.5. The lowest BCUT2D eigenvalue weighted by Crippen LogP contribution is -2.45. The summed E-state index contributed by atoms with van der Waals surface area (Å²) in [6, 6.07) is 0. The third kappa shape index (κ3) is 11.1. The van der Waals surface area contributed by atoms with Gasteiger partial charge in [-0.2, -0.15) is 13.6 Å². The number of amides is 1. The van der Waals surface area contributed by atoms with E-state index in [-0.39, 0.29) is 51.2 Å². The topological polar surface area (TPSA) is 579 Å². The summed E-state index contributed by atoms with van der Waals surface area (Å²) >= 11 is 0. The lowest BCUT2D eigenvalue weighted by molar-refractivity contribution is -0.745. The van der Waals surface area contributed by atoms with Gasteiger partial charge < -0.3 is 85.9 Å². The molecule has 0 aromatic carbocycles. The Morgan fingerprint density at radius 2 is 1.36 bits per heavy atom. The highest BCUT2D eigenvalue weighted by Gasteiger charge is 2.55. The fourth-order valence-electron chi connectivity index (χ4n) is 9.05. The average Bonchev–Trinajstić information content (AvgIpc) is 4.24. The number of aliphatic hydroxyl groups is 3. The van der Waals surface area contributed by atoms with Gasteiger partial charge in [-0.3, -0.25) is 47.1 Å². The number of aromatic amines is 2. The Morgan fingerprint density at radius 1 is 0.766 bits per heavy atom. The van der Waals surface area contributed by atoms with Crippen LogP contribution >= 0.6 is 31.1 Å². The summed E-state index contributed by atoms with van der Waals surface area (Å²) in [5, 5.41) is 33.2. The van der Waals surface area contributed by atoms with Crippen LogP contribution in [0.15, 0.2) is 34.9 Å². The monoisotopic (exact) mass is 1170 g/mol. The summed E-state index contributed by atoms with van der Waals surface area (Å²) in [4.78, 5) is 112. The second kappa shape index (κ2) is 20.9. The molecule has 3 aliphatic heterocycles. The van der Waals surface area contributed by atoms with E-state index in [2.05, 4.69) is 48.5 Å². The number of phosphoric acid groups is 3. The molecule has 77 heavy (non-hydrogen) atoms. The molecule has 9 rings (SSSR count). The number of aromatic nitrogens is 12. The number of phosphoric ester groups is 2. The van der Waals surface area contributed by atoms with E-state index in [0.29, 0.717) is 0 Å². The van der Waals surface area contributed by atoms with Crippen LogP contribution in [0.1, 0.15) is 25.1 Å². The molecule has 3 saturated heterocycles. The van der Waals surface area contributed by atoms with Crippen LogP contribution in [0.4, 0.5) is 17.7 Å². The second-order valence-electron chi connectivity index (χ2n) is 17.3. The summed E-state index contributed by atoms with van der Waals surface area (Å²) in [5.41, 5.74) is 18.6. The summed E-state index contributed by atoms with van der Waals surface area (Å²) < 4.78 is 105. The van der Waals surface area contributed by atoms with E-state index in [0.717, 1.165) is 39.8 Å². The van der Waals surface area contributed by atoms with Crippen LogP contribution in [-0.4, -0.2) is 165 Å². The van der Waals surface area contributed by atoms with Crippen molar-refractivity contribution in [2.45, 2.75) is 73.5 Å². The Labute approximate surface area is 426 Å². The van der Waals surface area contributed by atoms with Crippen LogP contribution in [0.5, 0.6) is 0 Å². The number of H-pyrrole nitrogens is 2. The number of methoxy groups -OCH3 is 1. The zero-order chi connectivity index (χ0) is 55.8. The van der Waals surface area contributed by atoms with Crippen LogP contribution in [-0.2, 0) is 71.2 Å². The minimum atomic E-state index is -6.26. The number of hydrogen-bond donors (Lipinski definition) is 12. The Bertz CT molecular complexity index is 3580. The minimum absolute atomic E-state index is 0.0137. The van der Waals surface area contributed by atoms with Crippen molar-refractivity contribution in [3.63, 3.8) is 0 Å². The van der Waals surface area contributed by atoms with Crippen molar-refractivity contribution in [3.05, 3.63) is 46.0 Å². The number of nitrogens with zero attached hydrogens (tertiary/aromatic N) is 10. The Morgan fingerprint density at radius 3 is 2.03 bits per heavy atom. The van der Waals surface area contributed by atoms with Crippen molar-refractivity contribution in [1.82, 2.24) is 53.6 Å². The average molecular weight is 1170 g/mol. The first kappa shape index (κ1) is 56.1. The highest BCUT2D eigenvalue weighted by atomic mass is 31.3. The van der Waals surface area contributed by atoms with Gasteiger partial charge in [-0.25, -0.2) is 38.2 Å². The molecule has 0 aliphatic carbocycles. The zero-order valence-electron chi connectivity index (χ0n) is 39.3. The lowest BCUT2D eigenvalue weighted by atomic mass is 9.94. The van der Waals surface area contributed by atoms with Crippen LogP contribution in [0.2, 0.25) is 0 Å². The standard InChI is InChI=1S/C34H46N16O23P4/c1-47-10-50(27-18(47)29(56)46-34(38)44-27)30-19(52)11(3-15(35)51)12(69-30)4-67-75(59,60)72-77(63,64)73-76(61,62)68-6-14-23(22(65-2)32(71-14)48-8-41-16-24(36)39-7-40-25(16)48)74(57,58)66-5-13-20(53)21(54)31(70-13)49-9-42-17-26(49)43-33(37)45-28(17)55/h7-14,19-23,30-32,52-54H,3-6H2,1-2H3,(H13-,35,36,37,38,39,40,43,44,45,46,51,55,56,57,58,59,60,61,62,63,64)/t11?,12-,13-,14-,19-,20-,21-,22-,23-,30-,31-,32-/m1/s1. The Hall–Kier alpha value is -5.60. The van der Waals surface area contributed by atoms with Crippen molar-refractivity contribution in [1.29, 1.82) is 0 Å². The summed E-state index contributed by atoms with van der Waals surface area (Å²) in [6.07, 6.45) is -12.9. The molecule has 16 N–H and O–H groups in total. The number of fused-ring (bicyclic) bond motifs is 3. The minimum Gasteiger partial charge on any atom is -0.778 e. The number of primary amides is 1. The SMILES string of the molecule is CO[C@@H]1[C@H](P(=O)([O-])OC[C@H]2O[C@@H](n3cnc4c(=O)[nH]c(N)nc43)[C@H](O)[C@@H]2O)[C@@H](COP(=O)(O)OP(=O)(O)OP(=O)(O)OC[C@H]2O[C@@H]([n+]3cn(C)c4c(=O)[nH]c(N)nc43)[C@H](O)C2CC(N)=O)O[C@H]1n1cnc2c(N)ncnc21. The fourth-order valence-corrected chi connectivity index (χ4v) is 14.3. The molecule has 420 valence electrons. The van der Waals surface area contributed by atoms with Gasteiger partial charge in [-0.05, 0) is 0 Å². The molecule has 5 unspecified atom stereocenters. The van der Waals surface area contributed by atoms with Gasteiger partial charge >= 0.3 is 29.1 Å². The summed E-state index contributed by atoms with van der Waals surface area (Å²) in [5.74, 6) is -3.07. The molecule has 39 nitrogen and oxygen atoms in total. The maximum absolute atomic E-state index is 14.3. The largest absolute Gasteiger partial charge is 0.778 e. The number of aliphatic hydroxyl groups excluding tert-OH is 3. The normalized spacial score (nSPS) is 29.9. The number of nitrogens with one attached hydrogen (secondary N) is 2. The molecule has 43 heteroatoms. The molecule has 1 amide bonds. The van der Waals surface area contributed by atoms with E-state index in [1.54, 1.807) is 0 Å². The van der Waals surface area contributed by atoms with E-state index < -0.39 is 147 Å². The quantitative estimate of drug-likeness (QED) is 0.0251. The number of carbonyl (C=O) groups is 1. The fraction of sp³-hybridized carbons (Fsp3) is 0.529. The molecule has 6 aromatic heterocycles. The number of hydrogen-bond acceptors (Lipinski definition) is 29. The number of ether oxygens (including phenoxy) is 4. The predicted octanol–water partition coefficient (Wildman–Crippen LogP) is -5.14. The number of nitrogens with two attached hydrogens (primary N) is 4. The van der Waals surface area contributed by atoms with Gasteiger partial charge in [0, 0.05) is 19.4 Å². The van der Waals surface area contributed by atoms with E-state index in [1.165, 1.54) is 17.9 Å². The number of anilines is 3. The first-order valence-corrected chi connectivity index (χ1v) is 28.1. The van der Waals surface area contributed by atoms with Crippen molar-refractivity contribution in [3.8, 4) is 0 Å². The smallest absolute Gasteiger partial charge is 0.490 e. The van der Waals surface area contributed by atoms with Crippen molar-refractivity contribution < 1.29 is 104 Å². The second-order valence-corrected chi connectivity index (χ2v) is 23.9. The van der Waals surface area contributed by atoms with Crippen LogP contribution < -0.4 is 43.5 Å². The molecule has 16 atom stereocenters. The number of rotatable bonds is 20. The maximum Gasteiger partial charge on any atom is 0.490 e. The van der Waals surface area contributed by atoms with Gasteiger partial charge in [0.25, 0.3) is 17.1 Å². The Kier molecular flexibility index (Phi) is 15.2. The van der Waals surface area contributed by atoms with Gasteiger partial charge in [0.15, 0.2) is 41.4 Å². The third-order valence-electron chi connectivity index (χ3n) is 12.3. The number of carbonyl (C=O) groups excluding carboxylic acids is 1. The summed E-state index contributed by atoms with van der Waals surface area (Å²) in [7, 11) is -21.3. The van der Waals surface area contributed by atoms with Gasteiger partial charge in [0.1, 0.15) is 50.0 Å². The zero-order valence-corrected chi connectivity index (χ0v) is 42.8. The molecular weight excluding hydrogens is 1120 g/mol. The first-order valence-electron chi connectivity index (χ1n) is 22.0. The number of nitrogen functional groups attached to an aromatic ring is 3. The van der Waals surface area contributed by atoms with Gasteiger partial charge in [-0.1, -0.05) is 4.98 Å². The van der Waals surface area contributed by atoms with Crippen LogP contribution in [0.3, 0.4) is 0 Å². The molecule has 6 aromatic rings. The van der Waals surface area contributed by atoms with E-state index >= 15 is 0 Å². The summed E-state index contributed by atoms with van der Waals surface area (Å²) in [6.45, 7) is -3.50. The Balaban J connectivity index is 0.892. The molecule has 0 radical (unpaired) electrons. The van der Waals surface area contributed by atoms with Gasteiger partial charge in [0.2, 0.25) is 23.6 Å². The van der Waals surface area contributed by atoms with E-state index in [4.69, 9.17) is 55.5 Å². The van der Waals surface area contributed by atoms with Crippen LogP contribution in [0.25, 0.3) is 33.5 Å². The molecule has 9 heterocycles. The molecule has 0 saturated carbocycles. The number of aryl methyl sites for hydroxylation is 1. The number of imidazole rings is 3.